The van der Waals surface area contributed by atoms with E-state index in [1.165, 1.54) is 9.21 Å². The van der Waals surface area contributed by atoms with Gasteiger partial charge in [0.25, 0.3) is 0 Å². The van der Waals surface area contributed by atoms with Crippen LogP contribution in [0.2, 0.25) is 0 Å². The van der Waals surface area contributed by atoms with Gasteiger partial charge in [0.1, 0.15) is 0 Å². The van der Waals surface area contributed by atoms with Gasteiger partial charge in [-0.1, -0.05) is 48.5 Å². The van der Waals surface area contributed by atoms with Gasteiger partial charge in [-0.2, -0.15) is 4.31 Å². The largest absolute Gasteiger partial charge is 0.342 e. The van der Waals surface area contributed by atoms with Crippen molar-refractivity contribution in [1.29, 1.82) is 0 Å². The summed E-state index contributed by atoms with van der Waals surface area (Å²) in [5, 5.41) is 2.99. The van der Waals surface area contributed by atoms with Crippen molar-refractivity contribution >= 4 is 22.0 Å². The first-order chi connectivity index (χ1) is 16.8. The Morgan fingerprint density at radius 3 is 2.09 bits per heavy atom. The molecule has 0 bridgehead atoms. The number of rotatable bonds is 5. The molecule has 8 nitrogen and oxygen atoms in total. The summed E-state index contributed by atoms with van der Waals surface area (Å²) >= 11 is 0. The Hall–Kier alpha value is -2.91. The summed E-state index contributed by atoms with van der Waals surface area (Å²) < 4.78 is 28.9. The van der Waals surface area contributed by atoms with Gasteiger partial charge in [-0.15, -0.1) is 0 Å². The third-order valence-electron chi connectivity index (χ3n) is 6.96. The average molecular weight is 499 g/mol. The molecule has 2 saturated heterocycles. The number of likely N-dealkylation sites (tertiary alicyclic amines) is 1. The Kier molecular flexibility index (Phi) is 7.76. The average Bonchev–Trinajstić information content (AvgIpc) is 2.89. The highest BCUT2D eigenvalue weighted by Crippen LogP contribution is 2.38. The summed E-state index contributed by atoms with van der Waals surface area (Å²) in [4.78, 5) is 29.0. The van der Waals surface area contributed by atoms with E-state index in [0.717, 1.165) is 5.56 Å². The van der Waals surface area contributed by atoms with E-state index < -0.39 is 10.0 Å². The van der Waals surface area contributed by atoms with Gasteiger partial charge in [-0.3, -0.25) is 4.79 Å². The fourth-order valence-electron chi connectivity index (χ4n) is 4.95. The fourth-order valence-corrected chi connectivity index (χ4v) is 6.66. The van der Waals surface area contributed by atoms with E-state index in [4.69, 9.17) is 0 Å². The number of urea groups is 1. The van der Waals surface area contributed by atoms with E-state index in [1.807, 2.05) is 35.2 Å². The van der Waals surface area contributed by atoms with E-state index in [1.54, 1.807) is 44.4 Å². The van der Waals surface area contributed by atoms with Crippen LogP contribution in [0.1, 0.15) is 37.3 Å². The molecular weight excluding hydrogens is 464 g/mol. The first-order valence-electron chi connectivity index (χ1n) is 12.2. The molecule has 2 aromatic carbocycles. The highest BCUT2D eigenvalue weighted by atomic mass is 32.2. The van der Waals surface area contributed by atoms with Gasteiger partial charge in [0.05, 0.1) is 16.9 Å². The molecule has 2 aromatic rings. The standard InChI is InChI=1S/C26H34N4O4S/c1-28(2)26(32)27-22-15-17-29(18-16-22)25(31)21-13-14-24(20-9-5-3-6-10-20)30(19-21)35(33,34)23-11-7-4-8-12-23/h3-12,21-22,24H,13-19H2,1-2H3,(H,27,32). The minimum absolute atomic E-state index is 0.00200. The topological polar surface area (TPSA) is 90.0 Å². The van der Waals surface area contributed by atoms with Crippen LogP contribution in [0, 0.1) is 5.92 Å². The van der Waals surface area contributed by atoms with E-state index >= 15 is 0 Å². The predicted octanol–water partition coefficient (Wildman–Crippen LogP) is 3.09. The van der Waals surface area contributed by atoms with Crippen LogP contribution in [-0.4, -0.2) is 74.2 Å². The van der Waals surface area contributed by atoms with Crippen molar-refractivity contribution in [1.82, 2.24) is 19.4 Å². The third-order valence-corrected chi connectivity index (χ3v) is 8.85. The summed E-state index contributed by atoms with van der Waals surface area (Å²) in [6, 6.07) is 17.7. The van der Waals surface area contributed by atoms with Crippen molar-refractivity contribution in [3.8, 4) is 0 Å². The SMILES string of the molecule is CN(C)C(=O)NC1CCN(C(=O)C2CCC(c3ccccc3)N(S(=O)(=O)c3ccccc3)C2)CC1. The number of carbonyl (C=O) groups excluding carboxylic acids is 2. The molecule has 188 valence electrons. The van der Waals surface area contributed by atoms with Crippen LogP contribution in [-0.2, 0) is 14.8 Å². The van der Waals surface area contributed by atoms with Crippen molar-refractivity contribution in [3.05, 3.63) is 66.2 Å². The summed E-state index contributed by atoms with van der Waals surface area (Å²) in [7, 11) is -0.370. The Morgan fingerprint density at radius 2 is 1.49 bits per heavy atom. The van der Waals surface area contributed by atoms with Crippen molar-refractivity contribution in [2.75, 3.05) is 33.7 Å². The maximum atomic E-state index is 13.7. The van der Waals surface area contributed by atoms with Gasteiger partial charge in [0.2, 0.25) is 15.9 Å². The lowest BCUT2D eigenvalue weighted by Gasteiger charge is -2.41. The number of hydrogen-bond acceptors (Lipinski definition) is 4. The molecule has 2 aliphatic heterocycles. The molecule has 2 fully saturated rings. The molecule has 2 unspecified atom stereocenters. The van der Waals surface area contributed by atoms with E-state index in [9.17, 15) is 18.0 Å². The smallest absolute Gasteiger partial charge is 0.317 e. The Morgan fingerprint density at radius 1 is 0.886 bits per heavy atom. The number of benzene rings is 2. The summed E-state index contributed by atoms with van der Waals surface area (Å²) in [6.45, 7) is 1.27. The zero-order chi connectivity index (χ0) is 25.0. The van der Waals surface area contributed by atoms with Crippen molar-refractivity contribution < 1.29 is 18.0 Å². The Balaban J connectivity index is 1.49. The lowest BCUT2D eigenvalue weighted by atomic mass is 9.89. The van der Waals surface area contributed by atoms with Gasteiger partial charge in [0, 0.05) is 39.8 Å². The molecule has 2 heterocycles. The second-order valence-electron chi connectivity index (χ2n) is 9.53. The van der Waals surface area contributed by atoms with E-state index in [-0.39, 0.29) is 41.4 Å². The normalized spacial score (nSPS) is 21.9. The molecule has 0 saturated carbocycles. The van der Waals surface area contributed by atoms with Gasteiger partial charge in [-0.25, -0.2) is 13.2 Å². The molecule has 9 heteroatoms. The zero-order valence-corrected chi connectivity index (χ0v) is 21.2. The van der Waals surface area contributed by atoms with Crippen LogP contribution in [0.4, 0.5) is 4.79 Å². The van der Waals surface area contributed by atoms with Crippen LogP contribution in [0.5, 0.6) is 0 Å². The lowest BCUT2D eigenvalue weighted by molar-refractivity contribution is -0.138. The molecular formula is C26H34N4O4S. The maximum absolute atomic E-state index is 13.7. The van der Waals surface area contributed by atoms with Crippen LogP contribution in [0.15, 0.2) is 65.6 Å². The molecule has 4 rings (SSSR count). The second-order valence-corrected chi connectivity index (χ2v) is 11.4. The maximum Gasteiger partial charge on any atom is 0.317 e. The Bertz CT molecular complexity index is 1120. The molecule has 1 N–H and O–H groups in total. The molecule has 35 heavy (non-hydrogen) atoms. The highest BCUT2D eigenvalue weighted by molar-refractivity contribution is 7.89. The summed E-state index contributed by atoms with van der Waals surface area (Å²) in [5.41, 5.74) is 0.940. The number of piperidine rings is 2. The number of hydrogen-bond donors (Lipinski definition) is 1. The van der Waals surface area contributed by atoms with E-state index in [0.29, 0.717) is 38.8 Å². The molecule has 2 atom stereocenters. The molecule has 3 amide bonds. The van der Waals surface area contributed by atoms with Crippen LogP contribution < -0.4 is 5.32 Å². The molecule has 0 aromatic heterocycles. The summed E-state index contributed by atoms with van der Waals surface area (Å²) in [6.07, 6.45) is 2.60. The lowest BCUT2D eigenvalue weighted by Crippen LogP contribution is -2.52. The molecule has 0 spiro atoms. The van der Waals surface area contributed by atoms with Crippen LogP contribution in [0.3, 0.4) is 0 Å². The number of amides is 3. The quantitative estimate of drug-likeness (QED) is 0.686. The number of sulfonamides is 1. The fraction of sp³-hybridized carbons (Fsp3) is 0.462. The Labute approximate surface area is 207 Å². The van der Waals surface area contributed by atoms with Crippen LogP contribution in [0.25, 0.3) is 0 Å². The number of nitrogens with one attached hydrogen (secondary N) is 1. The zero-order valence-electron chi connectivity index (χ0n) is 20.3. The van der Waals surface area contributed by atoms with Crippen molar-refractivity contribution in [2.45, 2.75) is 42.7 Å². The van der Waals surface area contributed by atoms with Crippen molar-refractivity contribution in [3.63, 3.8) is 0 Å². The first-order valence-corrected chi connectivity index (χ1v) is 13.6. The monoisotopic (exact) mass is 498 g/mol. The van der Waals surface area contributed by atoms with Gasteiger partial charge in [-0.05, 0) is 43.4 Å². The minimum Gasteiger partial charge on any atom is -0.342 e. The molecule has 2 aliphatic rings. The number of carbonyl (C=O) groups is 2. The van der Waals surface area contributed by atoms with Crippen LogP contribution >= 0.6 is 0 Å². The highest BCUT2D eigenvalue weighted by Gasteiger charge is 2.41. The minimum atomic E-state index is -3.78. The number of nitrogens with zero attached hydrogens (tertiary/aromatic N) is 3. The third kappa shape index (κ3) is 5.67. The molecule has 0 aliphatic carbocycles. The van der Waals surface area contributed by atoms with Gasteiger partial charge < -0.3 is 15.1 Å². The van der Waals surface area contributed by atoms with Gasteiger partial charge >= 0.3 is 6.03 Å². The first kappa shape index (κ1) is 25.2. The second kappa shape index (κ2) is 10.8. The summed E-state index contributed by atoms with van der Waals surface area (Å²) in [5.74, 6) is -0.386. The van der Waals surface area contributed by atoms with E-state index in [2.05, 4.69) is 5.32 Å². The molecule has 0 radical (unpaired) electrons. The predicted molar refractivity (Wildman–Crippen MR) is 134 cm³/mol. The van der Waals surface area contributed by atoms with Gasteiger partial charge in [0.15, 0.2) is 0 Å². The van der Waals surface area contributed by atoms with Crippen molar-refractivity contribution in [2.24, 2.45) is 5.92 Å².